The minimum Gasteiger partial charge on any atom is -0.461 e. The number of pyridine rings is 3. The maximum absolute atomic E-state index is 12.2. The van der Waals surface area contributed by atoms with Crippen molar-refractivity contribution < 1.29 is 9.53 Å². The predicted molar refractivity (Wildman–Crippen MR) is 86.7 cm³/mol. The van der Waals surface area contributed by atoms with Crippen LogP contribution in [0.25, 0.3) is 22.3 Å². The molecule has 0 saturated heterocycles. The molecule has 114 valence electrons. The zero-order valence-corrected chi connectivity index (χ0v) is 12.6. The molecule has 3 heterocycles. The summed E-state index contributed by atoms with van der Waals surface area (Å²) < 4.78 is 5.10. The molecule has 0 unspecified atom stereocenters. The summed E-state index contributed by atoms with van der Waals surface area (Å²) in [7, 11) is 0. The zero-order valence-electron chi connectivity index (χ0n) is 12.6. The van der Waals surface area contributed by atoms with E-state index in [1.54, 1.807) is 37.9 Å². The third-order valence-corrected chi connectivity index (χ3v) is 3.32. The Morgan fingerprint density at radius 1 is 1.00 bits per heavy atom. The Morgan fingerprint density at radius 3 is 2.30 bits per heavy atom. The molecule has 5 nitrogen and oxygen atoms in total. The largest absolute Gasteiger partial charge is 0.461 e. The number of ether oxygens (including phenoxy) is 1. The predicted octanol–water partition coefficient (Wildman–Crippen LogP) is 3.38. The van der Waals surface area contributed by atoms with Gasteiger partial charge >= 0.3 is 5.97 Å². The molecule has 23 heavy (non-hydrogen) atoms. The molecule has 0 spiro atoms. The van der Waals surface area contributed by atoms with Crippen LogP contribution >= 0.6 is 0 Å². The smallest absolute Gasteiger partial charge is 0.357 e. The summed E-state index contributed by atoms with van der Waals surface area (Å²) in [5.74, 6) is -0.441. The van der Waals surface area contributed by atoms with Gasteiger partial charge in [0.15, 0.2) is 5.69 Å². The third kappa shape index (κ3) is 3.23. The van der Waals surface area contributed by atoms with E-state index >= 15 is 0 Å². The molecule has 0 aliphatic rings. The summed E-state index contributed by atoms with van der Waals surface area (Å²) in [6, 6.07) is 9.42. The highest BCUT2D eigenvalue weighted by Crippen LogP contribution is 2.27. The van der Waals surface area contributed by atoms with Crippen molar-refractivity contribution in [1.82, 2.24) is 15.0 Å². The van der Waals surface area contributed by atoms with Gasteiger partial charge in [-0.15, -0.1) is 0 Å². The van der Waals surface area contributed by atoms with E-state index in [2.05, 4.69) is 15.0 Å². The van der Waals surface area contributed by atoms with Crippen LogP contribution in [0, 0.1) is 0 Å². The van der Waals surface area contributed by atoms with Crippen molar-refractivity contribution in [2.45, 2.75) is 6.92 Å². The highest BCUT2D eigenvalue weighted by Gasteiger charge is 2.17. The standard InChI is InChI=1S/C18H15N3O2/c1-2-23-18(22)17-16(14-6-4-8-20-11-14)9-15(12-21-17)13-5-3-7-19-10-13/h3-12H,2H2,1H3. The van der Waals surface area contributed by atoms with Crippen LogP contribution in [0.1, 0.15) is 17.4 Å². The highest BCUT2D eigenvalue weighted by molar-refractivity contribution is 5.96. The van der Waals surface area contributed by atoms with Gasteiger partial charge in [-0.3, -0.25) is 9.97 Å². The molecule has 0 radical (unpaired) electrons. The number of carbonyl (C=O) groups excluding carboxylic acids is 1. The van der Waals surface area contributed by atoms with Gasteiger partial charge in [0, 0.05) is 53.2 Å². The molecule has 0 aliphatic heterocycles. The summed E-state index contributed by atoms with van der Waals surface area (Å²) in [6.45, 7) is 2.07. The summed E-state index contributed by atoms with van der Waals surface area (Å²) in [5, 5.41) is 0. The fourth-order valence-electron chi connectivity index (χ4n) is 2.26. The van der Waals surface area contributed by atoms with Crippen LogP contribution in [0.15, 0.2) is 61.3 Å². The van der Waals surface area contributed by atoms with Gasteiger partial charge in [0.1, 0.15) is 0 Å². The quantitative estimate of drug-likeness (QED) is 0.691. The average Bonchev–Trinajstić information content (AvgIpc) is 2.63. The third-order valence-electron chi connectivity index (χ3n) is 3.32. The Morgan fingerprint density at radius 2 is 1.70 bits per heavy atom. The Bertz CT molecular complexity index is 805. The fourth-order valence-corrected chi connectivity index (χ4v) is 2.26. The summed E-state index contributed by atoms with van der Waals surface area (Å²) >= 11 is 0. The first-order valence-electron chi connectivity index (χ1n) is 7.27. The van der Waals surface area contributed by atoms with Crippen LogP contribution in [-0.2, 0) is 4.74 Å². The van der Waals surface area contributed by atoms with Crippen LogP contribution in [0.3, 0.4) is 0 Å². The number of nitrogens with zero attached hydrogens (tertiary/aromatic N) is 3. The molecule has 0 aliphatic carbocycles. The number of rotatable bonds is 4. The first-order chi connectivity index (χ1) is 11.3. The van der Waals surface area contributed by atoms with Gasteiger partial charge < -0.3 is 4.74 Å². The van der Waals surface area contributed by atoms with Crippen molar-refractivity contribution in [3.63, 3.8) is 0 Å². The van der Waals surface area contributed by atoms with E-state index in [0.717, 1.165) is 16.7 Å². The van der Waals surface area contributed by atoms with E-state index in [4.69, 9.17) is 4.74 Å². The molecule has 5 heteroatoms. The van der Waals surface area contributed by atoms with Crippen molar-refractivity contribution in [2.75, 3.05) is 6.61 Å². The van der Waals surface area contributed by atoms with Gasteiger partial charge in [-0.2, -0.15) is 0 Å². The summed E-state index contributed by atoms with van der Waals surface area (Å²) in [6.07, 6.45) is 8.52. The Hall–Kier alpha value is -3.08. The number of esters is 1. The molecule has 0 N–H and O–H groups in total. The topological polar surface area (TPSA) is 65.0 Å². The van der Waals surface area contributed by atoms with Crippen LogP contribution in [0.2, 0.25) is 0 Å². The molecule has 3 aromatic rings. The molecule has 3 aromatic heterocycles. The van der Waals surface area contributed by atoms with Crippen molar-refractivity contribution in [3.05, 3.63) is 67.0 Å². The van der Waals surface area contributed by atoms with Crippen molar-refractivity contribution in [1.29, 1.82) is 0 Å². The normalized spacial score (nSPS) is 10.3. The van der Waals surface area contributed by atoms with Crippen LogP contribution in [-0.4, -0.2) is 27.5 Å². The molecule has 0 fully saturated rings. The lowest BCUT2D eigenvalue weighted by Gasteiger charge is -2.10. The van der Waals surface area contributed by atoms with Crippen molar-refractivity contribution in [3.8, 4) is 22.3 Å². The Kier molecular flexibility index (Phi) is 4.38. The second kappa shape index (κ2) is 6.79. The molecular formula is C18H15N3O2. The first-order valence-corrected chi connectivity index (χ1v) is 7.27. The lowest BCUT2D eigenvalue weighted by Crippen LogP contribution is -2.09. The molecule has 0 bridgehead atoms. The minimum atomic E-state index is -0.441. The van der Waals surface area contributed by atoms with E-state index in [1.165, 1.54) is 0 Å². The number of aromatic nitrogens is 3. The van der Waals surface area contributed by atoms with E-state index in [9.17, 15) is 4.79 Å². The van der Waals surface area contributed by atoms with Gasteiger partial charge in [0.2, 0.25) is 0 Å². The van der Waals surface area contributed by atoms with Gasteiger partial charge in [-0.25, -0.2) is 9.78 Å². The summed E-state index contributed by atoms with van der Waals surface area (Å²) in [4.78, 5) is 24.7. The highest BCUT2D eigenvalue weighted by atomic mass is 16.5. The van der Waals surface area contributed by atoms with Gasteiger partial charge in [-0.05, 0) is 25.1 Å². The number of carbonyl (C=O) groups is 1. The molecular weight excluding hydrogens is 290 g/mol. The fraction of sp³-hybridized carbons (Fsp3) is 0.111. The van der Waals surface area contributed by atoms with Gasteiger partial charge in [0.05, 0.1) is 6.61 Å². The first kappa shape index (κ1) is 14.8. The van der Waals surface area contributed by atoms with E-state index in [0.29, 0.717) is 12.2 Å². The van der Waals surface area contributed by atoms with Crippen LogP contribution < -0.4 is 0 Å². The zero-order chi connectivity index (χ0) is 16.1. The molecule has 0 aromatic carbocycles. The monoisotopic (exact) mass is 305 g/mol. The number of hydrogen-bond donors (Lipinski definition) is 0. The molecule has 0 saturated carbocycles. The second-order valence-electron chi connectivity index (χ2n) is 4.82. The minimum absolute atomic E-state index is 0.285. The lowest BCUT2D eigenvalue weighted by molar-refractivity contribution is 0.0520. The summed E-state index contributed by atoms with van der Waals surface area (Å²) in [5.41, 5.74) is 3.60. The lowest BCUT2D eigenvalue weighted by atomic mass is 10.0. The molecule has 0 atom stereocenters. The molecule has 3 rings (SSSR count). The maximum atomic E-state index is 12.2. The van der Waals surface area contributed by atoms with Crippen molar-refractivity contribution in [2.24, 2.45) is 0 Å². The van der Waals surface area contributed by atoms with E-state index in [-0.39, 0.29) is 5.69 Å². The maximum Gasteiger partial charge on any atom is 0.357 e. The Balaban J connectivity index is 2.13. The molecule has 0 amide bonds. The van der Waals surface area contributed by atoms with Crippen LogP contribution in [0.5, 0.6) is 0 Å². The van der Waals surface area contributed by atoms with Gasteiger partial charge in [0.25, 0.3) is 0 Å². The van der Waals surface area contributed by atoms with Gasteiger partial charge in [-0.1, -0.05) is 12.1 Å². The van der Waals surface area contributed by atoms with Crippen molar-refractivity contribution >= 4 is 5.97 Å². The van der Waals surface area contributed by atoms with Crippen LogP contribution in [0.4, 0.5) is 0 Å². The van der Waals surface area contributed by atoms with E-state index in [1.807, 2.05) is 30.3 Å². The average molecular weight is 305 g/mol. The second-order valence-corrected chi connectivity index (χ2v) is 4.82. The SMILES string of the molecule is CCOC(=O)c1ncc(-c2cccnc2)cc1-c1cccnc1. The number of hydrogen-bond acceptors (Lipinski definition) is 5. The van der Waals surface area contributed by atoms with E-state index < -0.39 is 5.97 Å². The Labute approximate surface area is 134 Å².